The molecule has 2 fully saturated rings. The molecule has 0 unspecified atom stereocenters. The lowest BCUT2D eigenvalue weighted by Gasteiger charge is -2.34. The summed E-state index contributed by atoms with van der Waals surface area (Å²) in [5, 5.41) is 4.13. The third-order valence-corrected chi connectivity index (χ3v) is 7.58. The van der Waals surface area contributed by atoms with Crippen LogP contribution in [0.15, 0.2) is 60.0 Å². The third-order valence-electron chi connectivity index (χ3n) is 7.58. The van der Waals surface area contributed by atoms with Crippen molar-refractivity contribution in [3.05, 3.63) is 71.2 Å². The Bertz CT molecular complexity index is 1300. The second-order valence-corrected chi connectivity index (χ2v) is 9.99. The van der Waals surface area contributed by atoms with Crippen LogP contribution in [0.3, 0.4) is 0 Å². The first kappa shape index (κ1) is 25.1. The normalized spacial score (nSPS) is 17.7. The maximum atomic E-state index is 12.8. The first-order valence-electron chi connectivity index (χ1n) is 13.1. The van der Waals surface area contributed by atoms with Gasteiger partial charge < -0.3 is 15.1 Å². The molecule has 0 saturated carbocycles. The number of benzene rings is 1. The van der Waals surface area contributed by atoms with Crippen molar-refractivity contribution in [2.75, 3.05) is 58.2 Å². The van der Waals surface area contributed by atoms with Crippen LogP contribution in [0, 0.1) is 0 Å². The van der Waals surface area contributed by atoms with Gasteiger partial charge in [0.1, 0.15) is 5.65 Å². The Balaban J connectivity index is 1.26. The molecular formula is C28H35N7O2. The fourth-order valence-electron chi connectivity index (χ4n) is 5.22. The van der Waals surface area contributed by atoms with E-state index in [1.807, 2.05) is 0 Å². The van der Waals surface area contributed by atoms with Crippen molar-refractivity contribution in [1.29, 1.82) is 0 Å². The summed E-state index contributed by atoms with van der Waals surface area (Å²) in [5.41, 5.74) is 2.84. The highest BCUT2D eigenvalue weighted by Crippen LogP contribution is 2.28. The molecular weight excluding hydrogens is 466 g/mol. The fourth-order valence-corrected chi connectivity index (χ4v) is 5.22. The summed E-state index contributed by atoms with van der Waals surface area (Å²) in [6.45, 7) is 9.96. The van der Waals surface area contributed by atoms with Crippen LogP contribution in [-0.4, -0.2) is 88.0 Å². The van der Waals surface area contributed by atoms with Crippen LogP contribution in [0.4, 0.5) is 11.6 Å². The van der Waals surface area contributed by atoms with Crippen molar-refractivity contribution >= 4 is 28.6 Å². The number of fused-ring (bicyclic) bond motifs is 1. The van der Waals surface area contributed by atoms with Gasteiger partial charge in [-0.25, -0.2) is 4.98 Å². The Labute approximate surface area is 217 Å². The van der Waals surface area contributed by atoms with E-state index in [1.165, 1.54) is 24.5 Å². The largest absolute Gasteiger partial charge is 0.337 e. The van der Waals surface area contributed by atoms with Crippen LogP contribution in [0.5, 0.6) is 0 Å². The lowest BCUT2D eigenvalue weighted by Crippen LogP contribution is -2.49. The summed E-state index contributed by atoms with van der Waals surface area (Å²) in [7, 11) is 2.18. The van der Waals surface area contributed by atoms with Gasteiger partial charge in [-0.2, -0.15) is 4.98 Å². The van der Waals surface area contributed by atoms with E-state index in [0.717, 1.165) is 37.3 Å². The molecule has 194 valence electrons. The van der Waals surface area contributed by atoms with Crippen molar-refractivity contribution in [3.63, 3.8) is 0 Å². The quantitative estimate of drug-likeness (QED) is 0.498. The van der Waals surface area contributed by atoms with Gasteiger partial charge in [-0.3, -0.25) is 19.1 Å². The Morgan fingerprint density at radius 3 is 2.46 bits per heavy atom. The first-order valence-corrected chi connectivity index (χ1v) is 13.1. The second kappa shape index (κ2) is 11.2. The molecule has 9 nitrogen and oxygen atoms in total. The standard InChI is InChI=1S/C28H35N7O2/c1-3-25(36)34-17-14-33(15-18-34)16-19-35-26(37)9-6-23-20-29-28(31-27(23)35)30-24-7-4-21(5-8-24)22-10-12-32(2)13-11-22/h3-9,20,22H,1,10-19H2,2H3,(H,29,30,31). The van der Waals surface area contributed by atoms with E-state index in [9.17, 15) is 9.59 Å². The summed E-state index contributed by atoms with van der Waals surface area (Å²) < 4.78 is 1.71. The van der Waals surface area contributed by atoms with Crippen molar-refractivity contribution in [2.45, 2.75) is 25.3 Å². The molecule has 4 heterocycles. The molecule has 0 atom stereocenters. The number of piperidine rings is 1. The number of piperazine rings is 1. The molecule has 9 heteroatoms. The van der Waals surface area contributed by atoms with Gasteiger partial charge in [0.2, 0.25) is 11.9 Å². The van der Waals surface area contributed by atoms with Gasteiger partial charge >= 0.3 is 0 Å². The number of amides is 1. The zero-order valence-electron chi connectivity index (χ0n) is 21.5. The molecule has 0 radical (unpaired) electrons. The number of pyridine rings is 1. The Hall–Kier alpha value is -3.56. The van der Waals surface area contributed by atoms with Crippen molar-refractivity contribution in [2.24, 2.45) is 0 Å². The topological polar surface area (TPSA) is 86.6 Å². The second-order valence-electron chi connectivity index (χ2n) is 9.99. The smallest absolute Gasteiger partial charge is 0.252 e. The van der Waals surface area contributed by atoms with E-state index >= 15 is 0 Å². The van der Waals surface area contributed by atoms with Crippen LogP contribution >= 0.6 is 0 Å². The molecule has 0 spiro atoms. The predicted molar refractivity (Wildman–Crippen MR) is 146 cm³/mol. The Kier molecular flexibility index (Phi) is 7.62. The number of nitrogens with one attached hydrogen (secondary N) is 1. The molecule has 1 aromatic carbocycles. The summed E-state index contributed by atoms with van der Waals surface area (Å²) >= 11 is 0. The first-order chi connectivity index (χ1) is 18.0. The van der Waals surface area contributed by atoms with Crippen molar-refractivity contribution in [3.8, 4) is 0 Å². The molecule has 0 bridgehead atoms. The van der Waals surface area contributed by atoms with E-state index in [-0.39, 0.29) is 11.5 Å². The van der Waals surface area contributed by atoms with Crippen LogP contribution in [0.2, 0.25) is 0 Å². The lowest BCUT2D eigenvalue weighted by molar-refractivity contribution is -0.127. The SMILES string of the molecule is C=CC(=O)N1CCN(CCn2c(=O)ccc3cnc(Nc4ccc(C5CCN(C)CC5)cc4)nc32)CC1. The number of hydrogen-bond donors (Lipinski definition) is 1. The number of rotatable bonds is 7. The maximum Gasteiger partial charge on any atom is 0.252 e. The fraction of sp³-hybridized carbons (Fsp3) is 0.429. The number of aromatic nitrogens is 3. The minimum absolute atomic E-state index is 0.0295. The lowest BCUT2D eigenvalue weighted by atomic mass is 9.89. The van der Waals surface area contributed by atoms with Crippen molar-refractivity contribution in [1.82, 2.24) is 29.2 Å². The number of hydrogen-bond acceptors (Lipinski definition) is 7. The number of carbonyl (C=O) groups excluding carboxylic acids is 1. The molecule has 3 aromatic rings. The van der Waals surface area contributed by atoms with E-state index in [4.69, 9.17) is 4.98 Å². The molecule has 37 heavy (non-hydrogen) atoms. The summed E-state index contributed by atoms with van der Waals surface area (Å²) in [6.07, 6.45) is 5.50. The van der Waals surface area contributed by atoms with Gasteiger partial charge in [0.05, 0.1) is 0 Å². The summed E-state index contributed by atoms with van der Waals surface area (Å²) in [4.78, 5) is 40.2. The third kappa shape index (κ3) is 5.89. The molecule has 0 aliphatic carbocycles. The average Bonchev–Trinajstić information content (AvgIpc) is 2.93. The molecule has 5 rings (SSSR count). The molecule has 1 N–H and O–H groups in total. The minimum Gasteiger partial charge on any atom is -0.337 e. The van der Waals surface area contributed by atoms with Gasteiger partial charge in [0.15, 0.2) is 0 Å². The number of carbonyl (C=O) groups is 1. The number of likely N-dealkylation sites (tertiary alicyclic amines) is 1. The van der Waals surface area contributed by atoms with Gasteiger partial charge in [-0.05, 0) is 68.7 Å². The van der Waals surface area contributed by atoms with E-state index in [0.29, 0.717) is 43.7 Å². The highest BCUT2D eigenvalue weighted by Gasteiger charge is 2.20. The zero-order chi connectivity index (χ0) is 25.8. The molecule has 1 amide bonds. The number of nitrogens with zero attached hydrogens (tertiary/aromatic N) is 6. The Morgan fingerprint density at radius 1 is 1.03 bits per heavy atom. The molecule has 2 aliphatic heterocycles. The molecule has 2 aliphatic rings. The highest BCUT2D eigenvalue weighted by molar-refractivity contribution is 5.87. The van der Waals surface area contributed by atoms with Crippen LogP contribution in [-0.2, 0) is 11.3 Å². The summed E-state index contributed by atoms with van der Waals surface area (Å²) in [5.74, 6) is 1.05. The number of anilines is 2. The molecule has 2 aromatic heterocycles. The summed E-state index contributed by atoms with van der Waals surface area (Å²) in [6, 6.07) is 11.9. The minimum atomic E-state index is -0.0832. The molecule has 2 saturated heterocycles. The Morgan fingerprint density at radius 2 is 1.76 bits per heavy atom. The maximum absolute atomic E-state index is 12.8. The van der Waals surface area contributed by atoms with Crippen LogP contribution < -0.4 is 10.9 Å². The highest BCUT2D eigenvalue weighted by atomic mass is 16.2. The van der Waals surface area contributed by atoms with Gasteiger partial charge in [0, 0.05) is 62.6 Å². The monoisotopic (exact) mass is 501 g/mol. The van der Waals surface area contributed by atoms with Gasteiger partial charge in [-0.15, -0.1) is 0 Å². The average molecular weight is 502 g/mol. The van der Waals surface area contributed by atoms with E-state index in [2.05, 4.69) is 58.0 Å². The zero-order valence-corrected chi connectivity index (χ0v) is 21.5. The van der Waals surface area contributed by atoms with Crippen LogP contribution in [0.1, 0.15) is 24.3 Å². The van der Waals surface area contributed by atoms with Gasteiger partial charge in [0.25, 0.3) is 5.56 Å². The van der Waals surface area contributed by atoms with Crippen molar-refractivity contribution < 1.29 is 4.79 Å². The predicted octanol–water partition coefficient (Wildman–Crippen LogP) is 2.67. The van der Waals surface area contributed by atoms with Crippen LogP contribution in [0.25, 0.3) is 11.0 Å². The van der Waals surface area contributed by atoms with E-state index < -0.39 is 0 Å². The van der Waals surface area contributed by atoms with E-state index in [1.54, 1.807) is 27.8 Å². The van der Waals surface area contributed by atoms with Gasteiger partial charge in [-0.1, -0.05) is 18.7 Å².